The molecule has 0 radical (unpaired) electrons. The lowest BCUT2D eigenvalue weighted by Crippen LogP contribution is -2.11. The number of hydrogen-bond acceptors (Lipinski definition) is 2. The van der Waals surface area contributed by atoms with E-state index in [1.54, 1.807) is 29.5 Å². The lowest BCUT2D eigenvalue weighted by molar-refractivity contribution is 0.100. The van der Waals surface area contributed by atoms with Gasteiger partial charge in [-0.3, -0.25) is 4.79 Å². The number of carbonyl (C=O) groups is 1. The number of halogens is 2. The van der Waals surface area contributed by atoms with Crippen molar-refractivity contribution in [2.75, 3.05) is 0 Å². The molecule has 0 unspecified atom stereocenters. The highest BCUT2D eigenvalue weighted by molar-refractivity contribution is 7.13. The summed E-state index contributed by atoms with van der Waals surface area (Å²) in [5, 5.41) is 3.67. The molecule has 1 amide bonds. The quantitative estimate of drug-likeness (QED) is 0.385. The number of thiophene rings is 1. The van der Waals surface area contributed by atoms with Crippen LogP contribution < -0.4 is 5.73 Å². The van der Waals surface area contributed by atoms with Crippen molar-refractivity contribution in [3.63, 3.8) is 0 Å². The van der Waals surface area contributed by atoms with E-state index >= 15 is 0 Å². The molecule has 6 heteroatoms. The van der Waals surface area contributed by atoms with E-state index < -0.39 is 17.5 Å². The Morgan fingerprint density at radius 3 is 2.53 bits per heavy atom. The number of nitrogens with two attached hydrogens (primary N) is 1. The van der Waals surface area contributed by atoms with Crippen molar-refractivity contribution in [2.45, 2.75) is 6.54 Å². The molecular formula is C24H16F2N2OS. The van der Waals surface area contributed by atoms with Crippen molar-refractivity contribution in [3.8, 4) is 10.4 Å². The number of carbonyl (C=O) groups excluding carboxylic acids is 1. The van der Waals surface area contributed by atoms with Gasteiger partial charge in [0.2, 0.25) is 5.91 Å². The first-order valence-electron chi connectivity index (χ1n) is 9.35. The zero-order chi connectivity index (χ0) is 20.8. The van der Waals surface area contributed by atoms with Crippen LogP contribution in [0.1, 0.15) is 15.9 Å². The maximum absolute atomic E-state index is 13.8. The fourth-order valence-corrected chi connectivity index (χ4v) is 4.66. The van der Waals surface area contributed by atoms with Crippen molar-refractivity contribution in [1.82, 2.24) is 4.57 Å². The molecule has 0 atom stereocenters. The van der Waals surface area contributed by atoms with Crippen LogP contribution in [0.25, 0.3) is 32.2 Å². The molecule has 0 aliphatic heterocycles. The van der Waals surface area contributed by atoms with E-state index in [0.717, 1.165) is 38.3 Å². The van der Waals surface area contributed by atoms with Crippen LogP contribution in [0, 0.1) is 11.6 Å². The Morgan fingerprint density at radius 2 is 1.80 bits per heavy atom. The summed E-state index contributed by atoms with van der Waals surface area (Å²) in [6.45, 7) is 0.327. The fraction of sp³-hybridized carbons (Fsp3) is 0.0417. The molecule has 5 aromatic rings. The van der Waals surface area contributed by atoms with Gasteiger partial charge in [-0.2, -0.15) is 0 Å². The van der Waals surface area contributed by atoms with Gasteiger partial charge in [-0.15, -0.1) is 11.3 Å². The molecule has 0 fully saturated rings. The predicted octanol–water partition coefficient (Wildman–Crippen LogP) is 5.95. The normalized spacial score (nSPS) is 11.4. The van der Waals surface area contributed by atoms with Crippen LogP contribution in [0.5, 0.6) is 0 Å². The van der Waals surface area contributed by atoms with Crippen molar-refractivity contribution in [3.05, 3.63) is 94.9 Å². The Hall–Kier alpha value is -3.51. The van der Waals surface area contributed by atoms with Crippen LogP contribution in [0.4, 0.5) is 8.78 Å². The van der Waals surface area contributed by atoms with E-state index in [-0.39, 0.29) is 0 Å². The number of nitrogens with zero attached hydrogens (tertiary/aromatic N) is 1. The molecule has 3 aromatic carbocycles. The molecule has 0 bridgehead atoms. The second-order valence-corrected chi connectivity index (χ2v) is 8.06. The van der Waals surface area contributed by atoms with E-state index in [0.29, 0.717) is 17.7 Å². The number of aromatic nitrogens is 1. The minimum absolute atomic E-state index is 0.327. The third kappa shape index (κ3) is 2.97. The first kappa shape index (κ1) is 18.5. The number of rotatable bonds is 4. The summed E-state index contributed by atoms with van der Waals surface area (Å²) in [7, 11) is 0. The molecule has 148 valence electrons. The van der Waals surface area contributed by atoms with Gasteiger partial charge in [-0.1, -0.05) is 30.3 Å². The van der Waals surface area contributed by atoms with Crippen LogP contribution in [-0.4, -0.2) is 10.5 Å². The molecule has 2 N–H and O–H groups in total. The van der Waals surface area contributed by atoms with Gasteiger partial charge in [0.25, 0.3) is 0 Å². The lowest BCUT2D eigenvalue weighted by atomic mass is 10.0. The predicted molar refractivity (Wildman–Crippen MR) is 117 cm³/mol. The SMILES string of the molecule is NC(=O)c1cccc2c1c1ccc(-c3cccs3)cc1n2Cc1ccc(F)c(F)c1. The highest BCUT2D eigenvalue weighted by Gasteiger charge is 2.17. The number of fused-ring (bicyclic) bond motifs is 3. The van der Waals surface area contributed by atoms with Crippen molar-refractivity contribution in [2.24, 2.45) is 5.73 Å². The largest absolute Gasteiger partial charge is 0.366 e. The third-order valence-corrected chi connectivity index (χ3v) is 6.21. The van der Waals surface area contributed by atoms with Crippen LogP contribution in [0.3, 0.4) is 0 Å². The summed E-state index contributed by atoms with van der Waals surface area (Å²) in [6.07, 6.45) is 0. The smallest absolute Gasteiger partial charge is 0.249 e. The summed E-state index contributed by atoms with van der Waals surface area (Å²) in [6, 6.07) is 19.4. The summed E-state index contributed by atoms with van der Waals surface area (Å²) in [4.78, 5) is 13.2. The van der Waals surface area contributed by atoms with Gasteiger partial charge < -0.3 is 10.3 Å². The van der Waals surface area contributed by atoms with Gasteiger partial charge in [0, 0.05) is 27.8 Å². The summed E-state index contributed by atoms with van der Waals surface area (Å²) < 4.78 is 29.2. The van der Waals surface area contributed by atoms with Gasteiger partial charge in [-0.25, -0.2) is 8.78 Å². The Bertz CT molecular complexity index is 1420. The van der Waals surface area contributed by atoms with Gasteiger partial charge in [-0.05, 0) is 52.9 Å². The van der Waals surface area contributed by atoms with Crippen molar-refractivity contribution in [1.29, 1.82) is 0 Å². The molecule has 0 saturated heterocycles. The molecule has 2 heterocycles. The van der Waals surface area contributed by atoms with Gasteiger partial charge in [0.05, 0.1) is 11.0 Å². The highest BCUT2D eigenvalue weighted by Crippen LogP contribution is 2.36. The maximum atomic E-state index is 13.8. The Morgan fingerprint density at radius 1 is 0.933 bits per heavy atom. The van der Waals surface area contributed by atoms with Crippen molar-refractivity contribution < 1.29 is 13.6 Å². The maximum Gasteiger partial charge on any atom is 0.249 e. The van der Waals surface area contributed by atoms with E-state index in [1.165, 1.54) is 6.07 Å². The first-order chi connectivity index (χ1) is 14.5. The van der Waals surface area contributed by atoms with E-state index in [1.807, 2.05) is 40.3 Å². The van der Waals surface area contributed by atoms with Gasteiger partial charge in [0.1, 0.15) is 0 Å². The van der Waals surface area contributed by atoms with Gasteiger partial charge >= 0.3 is 0 Å². The highest BCUT2D eigenvalue weighted by atomic mass is 32.1. The number of hydrogen-bond donors (Lipinski definition) is 1. The molecule has 0 saturated carbocycles. The molecule has 30 heavy (non-hydrogen) atoms. The van der Waals surface area contributed by atoms with E-state index in [9.17, 15) is 13.6 Å². The molecule has 0 aliphatic rings. The standard InChI is InChI=1S/C24H16F2N2OS/c25-18-9-6-14(11-19(18)26)13-28-20-4-1-3-17(24(27)29)23(20)16-8-7-15(12-21(16)28)22-5-2-10-30-22/h1-12H,13H2,(H2,27,29). The van der Waals surface area contributed by atoms with Crippen LogP contribution in [-0.2, 0) is 6.54 Å². The molecule has 0 aliphatic carbocycles. The molecule has 0 spiro atoms. The molecule has 5 rings (SSSR count). The monoisotopic (exact) mass is 418 g/mol. The van der Waals surface area contributed by atoms with Crippen LogP contribution in [0.15, 0.2) is 72.1 Å². The summed E-state index contributed by atoms with van der Waals surface area (Å²) >= 11 is 1.64. The van der Waals surface area contributed by atoms with E-state index in [2.05, 4.69) is 6.07 Å². The van der Waals surface area contributed by atoms with Gasteiger partial charge in [0.15, 0.2) is 11.6 Å². The second kappa shape index (κ2) is 7.07. The minimum Gasteiger partial charge on any atom is -0.366 e. The average Bonchev–Trinajstić information content (AvgIpc) is 3.38. The minimum atomic E-state index is -0.884. The second-order valence-electron chi connectivity index (χ2n) is 7.11. The fourth-order valence-electron chi connectivity index (χ4n) is 3.94. The summed E-state index contributed by atoms with van der Waals surface area (Å²) in [5.41, 5.74) is 9.46. The van der Waals surface area contributed by atoms with E-state index in [4.69, 9.17) is 5.73 Å². The number of primary amides is 1. The Balaban J connectivity index is 1.80. The van der Waals surface area contributed by atoms with Crippen LogP contribution >= 0.6 is 11.3 Å². The Kier molecular flexibility index (Phi) is 4.37. The topological polar surface area (TPSA) is 48.0 Å². The Labute approximate surface area is 175 Å². The molecular weight excluding hydrogens is 402 g/mol. The van der Waals surface area contributed by atoms with Crippen molar-refractivity contribution >= 4 is 39.0 Å². The lowest BCUT2D eigenvalue weighted by Gasteiger charge is -2.09. The zero-order valence-electron chi connectivity index (χ0n) is 15.7. The van der Waals surface area contributed by atoms with Crippen LogP contribution in [0.2, 0.25) is 0 Å². The average molecular weight is 418 g/mol. The first-order valence-corrected chi connectivity index (χ1v) is 10.2. The zero-order valence-corrected chi connectivity index (χ0v) is 16.5. The number of amides is 1. The molecule has 2 aromatic heterocycles. The summed E-state index contributed by atoms with van der Waals surface area (Å²) in [5.74, 6) is -2.27. The molecule has 3 nitrogen and oxygen atoms in total. The third-order valence-electron chi connectivity index (χ3n) is 5.29. The number of benzene rings is 3.